The van der Waals surface area contributed by atoms with Gasteiger partial charge in [-0.15, -0.1) is 0 Å². The lowest BCUT2D eigenvalue weighted by atomic mass is 10.4. The molecule has 0 radical (unpaired) electrons. The Bertz CT molecular complexity index is 322. The van der Waals surface area contributed by atoms with Gasteiger partial charge in [0.25, 0.3) is 0 Å². The first-order chi connectivity index (χ1) is 7.75. The molecule has 0 unspecified atom stereocenters. The number of methoxy groups -OCH3 is 1. The van der Waals surface area contributed by atoms with Gasteiger partial charge in [-0.2, -0.15) is 0 Å². The highest BCUT2D eigenvalue weighted by atomic mass is 16.5. The van der Waals surface area contributed by atoms with Crippen LogP contribution in [0.15, 0.2) is 18.3 Å². The molecule has 0 atom stereocenters. The summed E-state index contributed by atoms with van der Waals surface area (Å²) in [7, 11) is 1.65. The third kappa shape index (κ3) is 4.04. The summed E-state index contributed by atoms with van der Waals surface area (Å²) in [4.78, 5) is 10.8. The SMILES string of the molecule is COCCCOCCn1cccc1C(=O)O. The lowest BCUT2D eigenvalue weighted by Crippen LogP contribution is -2.12. The average molecular weight is 227 g/mol. The summed E-state index contributed by atoms with van der Waals surface area (Å²) >= 11 is 0. The van der Waals surface area contributed by atoms with Gasteiger partial charge in [0, 0.05) is 33.1 Å². The Morgan fingerprint density at radius 3 is 2.94 bits per heavy atom. The van der Waals surface area contributed by atoms with Crippen LogP contribution in [-0.4, -0.2) is 42.6 Å². The second-order valence-electron chi connectivity index (χ2n) is 3.35. The summed E-state index contributed by atoms with van der Waals surface area (Å²) < 4.78 is 11.9. The molecule has 90 valence electrons. The van der Waals surface area contributed by atoms with E-state index >= 15 is 0 Å². The minimum Gasteiger partial charge on any atom is -0.477 e. The van der Waals surface area contributed by atoms with Crippen LogP contribution < -0.4 is 0 Å². The van der Waals surface area contributed by atoms with Crippen molar-refractivity contribution in [1.29, 1.82) is 0 Å². The highest BCUT2D eigenvalue weighted by Crippen LogP contribution is 2.02. The maximum absolute atomic E-state index is 10.8. The fourth-order valence-electron chi connectivity index (χ4n) is 1.37. The minimum atomic E-state index is -0.913. The molecule has 0 amide bonds. The molecular formula is C11H17NO4. The van der Waals surface area contributed by atoms with Gasteiger partial charge in [0.15, 0.2) is 0 Å². The highest BCUT2D eigenvalue weighted by molar-refractivity contribution is 5.85. The molecule has 5 nitrogen and oxygen atoms in total. The lowest BCUT2D eigenvalue weighted by molar-refractivity contribution is 0.0677. The Morgan fingerprint density at radius 1 is 1.44 bits per heavy atom. The Kier molecular flexibility index (Phi) is 5.60. The van der Waals surface area contributed by atoms with Crippen molar-refractivity contribution in [2.75, 3.05) is 26.9 Å². The molecular weight excluding hydrogens is 210 g/mol. The Hall–Kier alpha value is -1.33. The molecule has 0 bridgehead atoms. The van der Waals surface area contributed by atoms with Gasteiger partial charge in [0.2, 0.25) is 0 Å². The van der Waals surface area contributed by atoms with E-state index in [4.69, 9.17) is 14.6 Å². The smallest absolute Gasteiger partial charge is 0.352 e. The summed E-state index contributed by atoms with van der Waals surface area (Å²) in [5.74, 6) is -0.913. The predicted octanol–water partition coefficient (Wildman–Crippen LogP) is 1.24. The summed E-state index contributed by atoms with van der Waals surface area (Å²) in [6.07, 6.45) is 2.59. The number of ether oxygens (including phenoxy) is 2. The van der Waals surface area contributed by atoms with Crippen LogP contribution in [0, 0.1) is 0 Å². The van der Waals surface area contributed by atoms with E-state index in [1.54, 1.807) is 30.0 Å². The summed E-state index contributed by atoms with van der Waals surface area (Å²) in [5.41, 5.74) is 0.292. The van der Waals surface area contributed by atoms with Crippen molar-refractivity contribution in [1.82, 2.24) is 4.57 Å². The van der Waals surface area contributed by atoms with E-state index in [1.807, 2.05) is 0 Å². The van der Waals surface area contributed by atoms with Crippen molar-refractivity contribution in [2.24, 2.45) is 0 Å². The van der Waals surface area contributed by atoms with Crippen LogP contribution in [0.25, 0.3) is 0 Å². The number of carboxylic acid groups (broad SMARTS) is 1. The van der Waals surface area contributed by atoms with Crippen LogP contribution in [0.5, 0.6) is 0 Å². The lowest BCUT2D eigenvalue weighted by Gasteiger charge is -2.07. The topological polar surface area (TPSA) is 60.7 Å². The number of nitrogens with zero attached hydrogens (tertiary/aromatic N) is 1. The second kappa shape index (κ2) is 7.03. The van der Waals surface area contributed by atoms with E-state index in [0.717, 1.165) is 6.42 Å². The third-order valence-corrected chi connectivity index (χ3v) is 2.16. The fourth-order valence-corrected chi connectivity index (χ4v) is 1.37. The monoisotopic (exact) mass is 227 g/mol. The predicted molar refractivity (Wildman–Crippen MR) is 58.7 cm³/mol. The number of carbonyl (C=O) groups is 1. The molecule has 0 aliphatic carbocycles. The zero-order valence-electron chi connectivity index (χ0n) is 9.39. The maximum atomic E-state index is 10.8. The second-order valence-corrected chi connectivity index (χ2v) is 3.35. The number of rotatable bonds is 8. The average Bonchev–Trinajstić information content (AvgIpc) is 2.71. The van der Waals surface area contributed by atoms with Gasteiger partial charge >= 0.3 is 5.97 Å². The molecule has 0 saturated carbocycles. The normalized spacial score (nSPS) is 10.6. The van der Waals surface area contributed by atoms with Gasteiger partial charge in [-0.05, 0) is 18.6 Å². The molecule has 1 aromatic heterocycles. The molecule has 0 aliphatic rings. The molecule has 1 N–H and O–H groups in total. The van der Waals surface area contributed by atoms with Crippen molar-refractivity contribution in [2.45, 2.75) is 13.0 Å². The number of carboxylic acids is 1. The van der Waals surface area contributed by atoms with Crippen molar-refractivity contribution >= 4 is 5.97 Å². The Labute approximate surface area is 94.6 Å². The summed E-state index contributed by atoms with van der Waals surface area (Å²) in [6.45, 7) is 2.39. The van der Waals surface area contributed by atoms with Crippen LogP contribution in [0.1, 0.15) is 16.9 Å². The van der Waals surface area contributed by atoms with E-state index in [9.17, 15) is 4.79 Å². The number of aromatic nitrogens is 1. The first-order valence-corrected chi connectivity index (χ1v) is 5.21. The zero-order valence-corrected chi connectivity index (χ0v) is 9.39. The van der Waals surface area contributed by atoms with Gasteiger partial charge in [0.05, 0.1) is 6.61 Å². The molecule has 0 spiro atoms. The van der Waals surface area contributed by atoms with Gasteiger partial charge in [0.1, 0.15) is 5.69 Å². The summed E-state index contributed by atoms with van der Waals surface area (Å²) in [5, 5.41) is 8.85. The first kappa shape index (κ1) is 12.7. The molecule has 0 aliphatic heterocycles. The van der Waals surface area contributed by atoms with E-state index < -0.39 is 5.97 Å². The van der Waals surface area contributed by atoms with Gasteiger partial charge in [-0.3, -0.25) is 0 Å². The number of aromatic carboxylic acids is 1. The van der Waals surface area contributed by atoms with Crippen LogP contribution in [0.4, 0.5) is 0 Å². The van der Waals surface area contributed by atoms with E-state index in [1.165, 1.54) is 0 Å². The molecule has 0 saturated heterocycles. The molecule has 5 heteroatoms. The van der Waals surface area contributed by atoms with Crippen LogP contribution in [0.3, 0.4) is 0 Å². The number of hydrogen-bond acceptors (Lipinski definition) is 3. The largest absolute Gasteiger partial charge is 0.477 e. The third-order valence-electron chi connectivity index (χ3n) is 2.16. The van der Waals surface area contributed by atoms with Crippen LogP contribution >= 0.6 is 0 Å². The quantitative estimate of drug-likeness (QED) is 0.679. The molecule has 1 heterocycles. The van der Waals surface area contributed by atoms with Gasteiger partial charge < -0.3 is 19.1 Å². The molecule has 16 heavy (non-hydrogen) atoms. The van der Waals surface area contributed by atoms with Gasteiger partial charge in [-0.1, -0.05) is 0 Å². The highest BCUT2D eigenvalue weighted by Gasteiger charge is 2.07. The van der Waals surface area contributed by atoms with Crippen LogP contribution in [-0.2, 0) is 16.0 Å². The van der Waals surface area contributed by atoms with E-state index in [2.05, 4.69) is 0 Å². The molecule has 0 aromatic carbocycles. The minimum absolute atomic E-state index is 0.292. The Balaban J connectivity index is 2.21. The first-order valence-electron chi connectivity index (χ1n) is 5.21. The molecule has 1 rings (SSSR count). The van der Waals surface area contributed by atoms with E-state index in [0.29, 0.717) is 32.1 Å². The van der Waals surface area contributed by atoms with Crippen LogP contribution in [0.2, 0.25) is 0 Å². The maximum Gasteiger partial charge on any atom is 0.352 e. The van der Waals surface area contributed by atoms with Crippen molar-refractivity contribution < 1.29 is 19.4 Å². The molecule has 1 aromatic rings. The van der Waals surface area contributed by atoms with E-state index in [-0.39, 0.29) is 0 Å². The summed E-state index contributed by atoms with van der Waals surface area (Å²) in [6, 6.07) is 3.29. The fraction of sp³-hybridized carbons (Fsp3) is 0.545. The number of hydrogen-bond donors (Lipinski definition) is 1. The standard InChI is InChI=1S/C11H17NO4/c1-15-7-3-8-16-9-6-12-5-2-4-10(12)11(13)14/h2,4-5H,3,6-9H2,1H3,(H,13,14). The van der Waals surface area contributed by atoms with Crippen molar-refractivity contribution in [3.63, 3.8) is 0 Å². The zero-order chi connectivity index (χ0) is 11.8. The molecule has 0 fully saturated rings. The van der Waals surface area contributed by atoms with Crippen molar-refractivity contribution in [3.8, 4) is 0 Å². The van der Waals surface area contributed by atoms with Gasteiger partial charge in [-0.25, -0.2) is 4.79 Å². The van der Waals surface area contributed by atoms with Crippen molar-refractivity contribution in [3.05, 3.63) is 24.0 Å². The Morgan fingerprint density at radius 2 is 2.25 bits per heavy atom.